The number of hydrogen-bond acceptors (Lipinski definition) is 3. The second-order valence-electron chi connectivity index (χ2n) is 6.90. The Kier molecular flexibility index (Phi) is 5.72. The third kappa shape index (κ3) is 4.29. The molecule has 0 fully saturated rings. The van der Waals surface area contributed by atoms with Crippen LogP contribution >= 0.6 is 0 Å². The Balaban J connectivity index is 2.98. The van der Waals surface area contributed by atoms with Crippen molar-refractivity contribution >= 4 is 0 Å². The lowest BCUT2D eigenvalue weighted by Crippen LogP contribution is -2.42. The van der Waals surface area contributed by atoms with Crippen molar-refractivity contribution < 1.29 is 5.11 Å². The molecule has 0 bridgehead atoms. The SMILES string of the molecule is Cc1cc(C)c(C(C)NC(CCO)C(C)(C)C)c(C)n1. The van der Waals surface area contributed by atoms with Crippen molar-refractivity contribution in [2.45, 2.75) is 67.0 Å². The lowest BCUT2D eigenvalue weighted by molar-refractivity contribution is 0.187. The maximum Gasteiger partial charge on any atom is 0.0446 e. The number of aromatic nitrogens is 1. The molecule has 0 aliphatic heterocycles. The van der Waals surface area contributed by atoms with E-state index in [1.54, 1.807) is 0 Å². The lowest BCUT2D eigenvalue weighted by atomic mass is 9.84. The van der Waals surface area contributed by atoms with Gasteiger partial charge in [0, 0.05) is 30.1 Å². The molecule has 0 saturated carbocycles. The van der Waals surface area contributed by atoms with Crippen molar-refractivity contribution in [2.75, 3.05) is 6.61 Å². The summed E-state index contributed by atoms with van der Waals surface area (Å²) in [6, 6.07) is 2.65. The zero-order valence-electron chi connectivity index (χ0n) is 14.0. The van der Waals surface area contributed by atoms with E-state index in [1.165, 1.54) is 11.1 Å². The average Bonchev–Trinajstić information content (AvgIpc) is 2.25. The Morgan fingerprint density at radius 2 is 1.85 bits per heavy atom. The van der Waals surface area contributed by atoms with Crippen LogP contribution in [0.3, 0.4) is 0 Å². The summed E-state index contributed by atoms with van der Waals surface area (Å²) < 4.78 is 0. The van der Waals surface area contributed by atoms with Gasteiger partial charge in [0.1, 0.15) is 0 Å². The molecule has 0 radical (unpaired) electrons. The predicted octanol–water partition coefficient (Wildman–Crippen LogP) is 3.45. The van der Waals surface area contributed by atoms with Gasteiger partial charge in [0.15, 0.2) is 0 Å². The van der Waals surface area contributed by atoms with Crippen molar-refractivity contribution in [3.8, 4) is 0 Å². The molecular formula is C17H30N2O. The van der Waals surface area contributed by atoms with Crippen LogP contribution in [0.2, 0.25) is 0 Å². The number of aliphatic hydroxyl groups is 1. The normalized spacial score (nSPS) is 15.2. The molecule has 114 valence electrons. The van der Waals surface area contributed by atoms with Gasteiger partial charge >= 0.3 is 0 Å². The highest BCUT2D eigenvalue weighted by Gasteiger charge is 2.26. The van der Waals surface area contributed by atoms with E-state index >= 15 is 0 Å². The molecule has 0 aliphatic carbocycles. The molecular weight excluding hydrogens is 248 g/mol. The Hall–Kier alpha value is -0.930. The number of aliphatic hydroxyl groups excluding tert-OH is 1. The van der Waals surface area contributed by atoms with Gasteiger partial charge in [-0.05, 0) is 56.7 Å². The van der Waals surface area contributed by atoms with Gasteiger partial charge in [0.25, 0.3) is 0 Å². The van der Waals surface area contributed by atoms with Crippen LogP contribution in [0, 0.1) is 26.2 Å². The molecule has 1 aromatic rings. The zero-order valence-corrected chi connectivity index (χ0v) is 14.0. The van der Waals surface area contributed by atoms with Crippen LogP contribution in [0.1, 0.15) is 62.7 Å². The van der Waals surface area contributed by atoms with Crippen LogP contribution in [-0.2, 0) is 0 Å². The molecule has 3 nitrogen and oxygen atoms in total. The minimum absolute atomic E-state index is 0.122. The van der Waals surface area contributed by atoms with Gasteiger partial charge in [-0.2, -0.15) is 0 Å². The van der Waals surface area contributed by atoms with E-state index in [9.17, 15) is 5.11 Å². The van der Waals surface area contributed by atoms with Crippen LogP contribution in [0.15, 0.2) is 6.07 Å². The van der Waals surface area contributed by atoms with Crippen molar-refractivity contribution in [1.29, 1.82) is 0 Å². The van der Waals surface area contributed by atoms with Gasteiger partial charge in [0.2, 0.25) is 0 Å². The summed E-state index contributed by atoms with van der Waals surface area (Å²) in [5, 5.41) is 13.0. The molecule has 1 heterocycles. The van der Waals surface area contributed by atoms with Gasteiger partial charge in [-0.3, -0.25) is 4.98 Å². The number of nitrogens with zero attached hydrogens (tertiary/aromatic N) is 1. The van der Waals surface area contributed by atoms with Crippen LogP contribution in [-0.4, -0.2) is 22.7 Å². The minimum atomic E-state index is 0.122. The van der Waals surface area contributed by atoms with E-state index < -0.39 is 0 Å². The van der Waals surface area contributed by atoms with Gasteiger partial charge < -0.3 is 10.4 Å². The van der Waals surface area contributed by atoms with Crippen molar-refractivity contribution in [2.24, 2.45) is 5.41 Å². The smallest absolute Gasteiger partial charge is 0.0446 e. The predicted molar refractivity (Wildman–Crippen MR) is 84.9 cm³/mol. The molecule has 0 aromatic carbocycles. The molecule has 2 atom stereocenters. The Morgan fingerprint density at radius 3 is 2.30 bits per heavy atom. The molecule has 2 unspecified atom stereocenters. The Morgan fingerprint density at radius 1 is 1.25 bits per heavy atom. The standard InChI is InChI=1S/C17H30N2O/c1-11-10-12(2)18-13(3)16(11)14(4)19-15(8-9-20)17(5,6)7/h10,14-15,19-20H,8-9H2,1-7H3. The van der Waals surface area contributed by atoms with E-state index in [0.29, 0.717) is 0 Å². The molecule has 20 heavy (non-hydrogen) atoms. The third-order valence-electron chi connectivity index (χ3n) is 3.93. The van der Waals surface area contributed by atoms with Crippen LogP contribution in [0.4, 0.5) is 0 Å². The van der Waals surface area contributed by atoms with E-state index in [2.05, 4.69) is 57.9 Å². The van der Waals surface area contributed by atoms with Crippen LogP contribution < -0.4 is 5.32 Å². The highest BCUT2D eigenvalue weighted by Crippen LogP contribution is 2.27. The van der Waals surface area contributed by atoms with E-state index in [1.807, 2.05) is 6.92 Å². The topological polar surface area (TPSA) is 45.1 Å². The molecule has 0 aliphatic rings. The van der Waals surface area contributed by atoms with Crippen molar-refractivity contribution in [1.82, 2.24) is 10.3 Å². The highest BCUT2D eigenvalue weighted by atomic mass is 16.3. The molecule has 3 heteroatoms. The Bertz CT molecular complexity index is 426. The fourth-order valence-corrected chi connectivity index (χ4v) is 2.97. The summed E-state index contributed by atoms with van der Waals surface area (Å²) in [6.45, 7) is 15.3. The van der Waals surface area contributed by atoms with Gasteiger partial charge in [-0.15, -0.1) is 0 Å². The zero-order chi connectivity index (χ0) is 15.5. The molecule has 2 N–H and O–H groups in total. The first-order valence-corrected chi connectivity index (χ1v) is 7.48. The summed E-state index contributed by atoms with van der Waals surface area (Å²) in [4.78, 5) is 4.58. The number of rotatable bonds is 5. The third-order valence-corrected chi connectivity index (χ3v) is 3.93. The van der Waals surface area contributed by atoms with Gasteiger partial charge in [0.05, 0.1) is 0 Å². The van der Waals surface area contributed by atoms with Crippen molar-refractivity contribution in [3.63, 3.8) is 0 Å². The second kappa shape index (κ2) is 6.68. The molecule has 0 saturated heterocycles. The molecule has 1 aromatic heterocycles. The lowest BCUT2D eigenvalue weighted by Gasteiger charge is -2.34. The first kappa shape index (κ1) is 17.1. The Labute approximate surface area is 123 Å². The van der Waals surface area contributed by atoms with Crippen LogP contribution in [0.25, 0.3) is 0 Å². The monoisotopic (exact) mass is 278 g/mol. The fraction of sp³-hybridized carbons (Fsp3) is 0.706. The highest BCUT2D eigenvalue weighted by molar-refractivity contribution is 5.33. The largest absolute Gasteiger partial charge is 0.396 e. The van der Waals surface area contributed by atoms with Crippen LogP contribution in [0.5, 0.6) is 0 Å². The number of aryl methyl sites for hydroxylation is 3. The number of hydrogen-bond donors (Lipinski definition) is 2. The molecule has 1 rings (SSSR count). The molecule has 0 amide bonds. The maximum absolute atomic E-state index is 9.28. The van der Waals surface area contributed by atoms with E-state index in [-0.39, 0.29) is 24.1 Å². The summed E-state index contributed by atoms with van der Waals surface area (Å²) in [6.07, 6.45) is 0.769. The number of nitrogens with one attached hydrogen (secondary N) is 1. The average molecular weight is 278 g/mol. The quantitative estimate of drug-likeness (QED) is 0.867. The first-order chi connectivity index (χ1) is 9.16. The summed E-state index contributed by atoms with van der Waals surface area (Å²) in [5.74, 6) is 0. The maximum atomic E-state index is 9.28. The first-order valence-electron chi connectivity index (χ1n) is 7.48. The van der Waals surface area contributed by atoms with Gasteiger partial charge in [-0.1, -0.05) is 20.8 Å². The van der Waals surface area contributed by atoms with Gasteiger partial charge in [-0.25, -0.2) is 0 Å². The van der Waals surface area contributed by atoms with Crippen molar-refractivity contribution in [3.05, 3.63) is 28.6 Å². The van der Waals surface area contributed by atoms with E-state index in [0.717, 1.165) is 17.8 Å². The fourth-order valence-electron chi connectivity index (χ4n) is 2.97. The summed E-state index contributed by atoms with van der Waals surface area (Å²) >= 11 is 0. The van der Waals surface area contributed by atoms with E-state index in [4.69, 9.17) is 0 Å². The second-order valence-corrected chi connectivity index (χ2v) is 6.90. The summed E-state index contributed by atoms with van der Waals surface area (Å²) in [7, 11) is 0. The summed E-state index contributed by atoms with van der Waals surface area (Å²) in [5.41, 5.74) is 4.85. The minimum Gasteiger partial charge on any atom is -0.396 e. The molecule has 0 spiro atoms. The number of pyridine rings is 1.